The van der Waals surface area contributed by atoms with Crippen molar-refractivity contribution in [2.45, 2.75) is 32.6 Å². The molecular weight excluding hydrogens is 124 g/mol. The largest absolute Gasteiger partial charge is 0.299 e. The lowest BCUT2D eigenvalue weighted by molar-refractivity contribution is -0.122. The Morgan fingerprint density at radius 3 is 3.10 bits per heavy atom. The number of hydrogen-bond donors (Lipinski definition) is 0. The van der Waals surface area contributed by atoms with Gasteiger partial charge in [0, 0.05) is 12.3 Å². The van der Waals surface area contributed by atoms with Crippen molar-refractivity contribution in [3.63, 3.8) is 0 Å². The molecule has 0 amide bonds. The predicted molar refractivity (Wildman–Crippen MR) is 41.8 cm³/mol. The summed E-state index contributed by atoms with van der Waals surface area (Å²) in [7, 11) is 0. The van der Waals surface area contributed by atoms with E-state index in [4.69, 9.17) is 0 Å². The van der Waals surface area contributed by atoms with Crippen molar-refractivity contribution in [2.24, 2.45) is 5.92 Å². The van der Waals surface area contributed by atoms with Crippen LogP contribution in [0.3, 0.4) is 0 Å². The molecule has 0 N–H and O–H groups in total. The molecule has 0 saturated heterocycles. The Kier molecular flexibility index (Phi) is 2.67. The molecule has 0 aromatic carbocycles. The second-order valence-electron chi connectivity index (χ2n) is 2.82. The van der Waals surface area contributed by atoms with E-state index in [1.807, 2.05) is 0 Å². The normalized spacial score (nSPS) is 26.5. The van der Waals surface area contributed by atoms with Crippen LogP contribution < -0.4 is 0 Å². The molecule has 1 aliphatic carbocycles. The molecular formula is C9H14O. The Labute approximate surface area is 62.1 Å². The van der Waals surface area contributed by atoms with Gasteiger partial charge in [-0.05, 0) is 19.3 Å². The molecule has 10 heavy (non-hydrogen) atoms. The van der Waals surface area contributed by atoms with Crippen LogP contribution in [-0.2, 0) is 4.79 Å². The third kappa shape index (κ3) is 1.69. The van der Waals surface area contributed by atoms with Gasteiger partial charge in [0.15, 0.2) is 0 Å². The number of carbonyl (C=O) groups excluding carboxylic acids is 1. The van der Waals surface area contributed by atoms with Crippen molar-refractivity contribution < 1.29 is 4.79 Å². The minimum atomic E-state index is 0.318. The van der Waals surface area contributed by atoms with Crippen molar-refractivity contribution in [2.75, 3.05) is 0 Å². The molecule has 0 saturated carbocycles. The van der Waals surface area contributed by atoms with Crippen molar-refractivity contribution >= 4 is 5.78 Å². The minimum Gasteiger partial charge on any atom is -0.299 e. The van der Waals surface area contributed by atoms with Gasteiger partial charge in [0.2, 0.25) is 0 Å². The number of ketones is 1. The number of carbonyl (C=O) groups is 1. The third-order valence-electron chi connectivity index (χ3n) is 2.09. The first-order chi connectivity index (χ1) is 4.84. The highest BCUT2D eigenvalue weighted by atomic mass is 16.1. The zero-order chi connectivity index (χ0) is 7.40. The van der Waals surface area contributed by atoms with Crippen LogP contribution in [0.25, 0.3) is 0 Å². The van der Waals surface area contributed by atoms with E-state index in [0.29, 0.717) is 11.7 Å². The maximum Gasteiger partial charge on any atom is 0.136 e. The van der Waals surface area contributed by atoms with Gasteiger partial charge in [-0.2, -0.15) is 0 Å². The van der Waals surface area contributed by atoms with Gasteiger partial charge >= 0.3 is 0 Å². The standard InChI is InChI=1S/C9H14O/c1-2-8-6-4-3-5-7-9(8)10/h3-4,8H,2,5-7H2,1H3/t8-/m1/s1. The summed E-state index contributed by atoms with van der Waals surface area (Å²) in [5.74, 6) is 0.770. The van der Waals surface area contributed by atoms with Crippen molar-refractivity contribution in [3.05, 3.63) is 12.2 Å². The predicted octanol–water partition coefficient (Wildman–Crippen LogP) is 2.32. The van der Waals surface area contributed by atoms with Crippen molar-refractivity contribution in [3.8, 4) is 0 Å². The molecule has 0 unspecified atom stereocenters. The Morgan fingerprint density at radius 1 is 1.60 bits per heavy atom. The monoisotopic (exact) mass is 138 g/mol. The molecule has 0 radical (unpaired) electrons. The van der Waals surface area contributed by atoms with Crippen LogP contribution in [0.5, 0.6) is 0 Å². The molecule has 0 aromatic heterocycles. The first-order valence-corrected chi connectivity index (χ1v) is 4.02. The molecule has 0 bridgehead atoms. The summed E-state index contributed by atoms with van der Waals surface area (Å²) in [6.45, 7) is 2.09. The number of Topliss-reactive ketones (excluding diaryl/α,β-unsaturated/α-hetero) is 1. The van der Waals surface area contributed by atoms with E-state index in [1.165, 1.54) is 0 Å². The van der Waals surface area contributed by atoms with Gasteiger partial charge in [-0.25, -0.2) is 0 Å². The van der Waals surface area contributed by atoms with Gasteiger partial charge in [0.05, 0.1) is 0 Å². The molecule has 1 atom stereocenters. The van der Waals surface area contributed by atoms with E-state index in [9.17, 15) is 4.79 Å². The van der Waals surface area contributed by atoms with Crippen molar-refractivity contribution in [1.82, 2.24) is 0 Å². The number of allylic oxidation sites excluding steroid dienone is 2. The molecule has 1 nitrogen and oxygen atoms in total. The fourth-order valence-electron chi connectivity index (χ4n) is 1.33. The molecule has 0 spiro atoms. The molecule has 56 valence electrons. The van der Waals surface area contributed by atoms with Crippen LogP contribution in [-0.4, -0.2) is 5.78 Å². The van der Waals surface area contributed by atoms with Gasteiger partial charge in [0.25, 0.3) is 0 Å². The van der Waals surface area contributed by atoms with Gasteiger partial charge in [-0.3, -0.25) is 4.79 Å². The summed E-state index contributed by atoms with van der Waals surface area (Å²) >= 11 is 0. The fourth-order valence-corrected chi connectivity index (χ4v) is 1.33. The summed E-state index contributed by atoms with van der Waals surface area (Å²) in [6.07, 6.45) is 7.94. The second kappa shape index (κ2) is 3.55. The molecule has 1 rings (SSSR count). The fraction of sp³-hybridized carbons (Fsp3) is 0.667. The second-order valence-corrected chi connectivity index (χ2v) is 2.82. The van der Waals surface area contributed by atoms with Gasteiger partial charge in [-0.1, -0.05) is 19.1 Å². The maximum absolute atomic E-state index is 11.2. The van der Waals surface area contributed by atoms with E-state index in [0.717, 1.165) is 25.7 Å². The zero-order valence-corrected chi connectivity index (χ0v) is 6.47. The summed E-state index contributed by atoms with van der Waals surface area (Å²) < 4.78 is 0. The van der Waals surface area contributed by atoms with E-state index in [2.05, 4.69) is 19.1 Å². The summed E-state index contributed by atoms with van der Waals surface area (Å²) in [6, 6.07) is 0. The van der Waals surface area contributed by atoms with Crippen LogP contribution in [0.4, 0.5) is 0 Å². The Morgan fingerprint density at radius 2 is 2.40 bits per heavy atom. The molecule has 1 aliphatic rings. The first-order valence-electron chi connectivity index (χ1n) is 4.02. The first kappa shape index (κ1) is 7.52. The average Bonchev–Trinajstić information content (AvgIpc) is 2.13. The lowest BCUT2D eigenvalue weighted by Crippen LogP contribution is -2.10. The zero-order valence-electron chi connectivity index (χ0n) is 6.47. The lowest BCUT2D eigenvalue weighted by atomic mass is 9.97. The molecule has 0 aliphatic heterocycles. The average molecular weight is 138 g/mol. The molecule has 0 fully saturated rings. The van der Waals surface area contributed by atoms with Crippen LogP contribution in [0, 0.1) is 5.92 Å². The number of hydrogen-bond acceptors (Lipinski definition) is 1. The van der Waals surface area contributed by atoms with E-state index >= 15 is 0 Å². The quantitative estimate of drug-likeness (QED) is 0.508. The highest BCUT2D eigenvalue weighted by molar-refractivity contribution is 5.81. The molecule has 0 heterocycles. The van der Waals surface area contributed by atoms with E-state index in [-0.39, 0.29) is 0 Å². The van der Waals surface area contributed by atoms with E-state index < -0.39 is 0 Å². The topological polar surface area (TPSA) is 17.1 Å². The summed E-state index contributed by atoms with van der Waals surface area (Å²) in [5.41, 5.74) is 0. The van der Waals surface area contributed by atoms with Gasteiger partial charge in [-0.15, -0.1) is 0 Å². The Balaban J connectivity index is 2.52. The highest BCUT2D eigenvalue weighted by Gasteiger charge is 2.15. The van der Waals surface area contributed by atoms with Crippen molar-refractivity contribution in [1.29, 1.82) is 0 Å². The Hall–Kier alpha value is -0.590. The van der Waals surface area contributed by atoms with Crippen LogP contribution in [0.15, 0.2) is 12.2 Å². The number of rotatable bonds is 1. The maximum atomic E-state index is 11.2. The smallest absolute Gasteiger partial charge is 0.136 e. The van der Waals surface area contributed by atoms with Crippen LogP contribution in [0.2, 0.25) is 0 Å². The summed E-state index contributed by atoms with van der Waals surface area (Å²) in [4.78, 5) is 11.2. The lowest BCUT2D eigenvalue weighted by Gasteiger charge is -2.06. The highest BCUT2D eigenvalue weighted by Crippen LogP contribution is 2.17. The van der Waals surface area contributed by atoms with Gasteiger partial charge in [0.1, 0.15) is 5.78 Å². The van der Waals surface area contributed by atoms with Gasteiger partial charge < -0.3 is 0 Å². The molecule has 0 aromatic rings. The SMILES string of the molecule is CC[C@@H]1CC=CCCC1=O. The van der Waals surface area contributed by atoms with Crippen LogP contribution >= 0.6 is 0 Å². The minimum absolute atomic E-state index is 0.318. The van der Waals surface area contributed by atoms with E-state index in [1.54, 1.807) is 0 Å². The Bertz CT molecular complexity index is 147. The third-order valence-corrected chi connectivity index (χ3v) is 2.09. The van der Waals surface area contributed by atoms with Crippen LogP contribution in [0.1, 0.15) is 32.6 Å². The summed E-state index contributed by atoms with van der Waals surface area (Å²) in [5, 5.41) is 0. The molecule has 1 heteroatoms.